The molecular formula is C29H31N5O5. The van der Waals surface area contributed by atoms with Gasteiger partial charge in [0.15, 0.2) is 5.75 Å². The summed E-state index contributed by atoms with van der Waals surface area (Å²) in [4.78, 5) is 42.9. The smallest absolute Gasteiger partial charge is 0.323 e. The van der Waals surface area contributed by atoms with E-state index >= 15 is 0 Å². The number of hydrogen-bond acceptors (Lipinski definition) is 7. The van der Waals surface area contributed by atoms with E-state index in [4.69, 9.17) is 4.74 Å². The van der Waals surface area contributed by atoms with Gasteiger partial charge in [0.1, 0.15) is 17.6 Å². The van der Waals surface area contributed by atoms with Crippen LogP contribution in [0, 0.1) is 5.92 Å². The van der Waals surface area contributed by atoms with Crippen LogP contribution in [0.3, 0.4) is 0 Å². The first-order chi connectivity index (χ1) is 18.9. The number of carbonyl (C=O) groups is 2. The second-order valence-electron chi connectivity index (χ2n) is 9.73. The Morgan fingerprint density at radius 2 is 1.92 bits per heavy atom. The molecule has 5 rings (SSSR count). The molecule has 2 aromatic rings. The number of aromatic hydroxyl groups is 1. The normalized spacial score (nSPS) is 21.1. The summed E-state index contributed by atoms with van der Waals surface area (Å²) in [6, 6.07) is 0.683. The van der Waals surface area contributed by atoms with Crippen LogP contribution in [0.4, 0.5) is 5.69 Å². The lowest BCUT2D eigenvalue weighted by Crippen LogP contribution is -2.40. The number of imidazole rings is 1. The number of azo groups is 1. The van der Waals surface area contributed by atoms with Gasteiger partial charge in [-0.3, -0.25) is 9.59 Å². The maximum absolute atomic E-state index is 13.3. The number of ether oxygens (including phenoxy) is 1. The zero-order valence-electron chi connectivity index (χ0n) is 21.6. The van der Waals surface area contributed by atoms with Crippen LogP contribution in [0.5, 0.6) is 5.75 Å². The van der Waals surface area contributed by atoms with E-state index in [1.165, 1.54) is 0 Å². The van der Waals surface area contributed by atoms with E-state index in [-0.39, 0.29) is 34.7 Å². The predicted molar refractivity (Wildman–Crippen MR) is 147 cm³/mol. The Hall–Kier alpha value is -4.47. The minimum atomic E-state index is -0.626. The average Bonchev–Trinajstić information content (AvgIpc) is 3.31. The molecule has 0 saturated heterocycles. The number of phenolic OH excluding ortho intramolecular Hbond substituents is 1. The first kappa shape index (κ1) is 26.1. The van der Waals surface area contributed by atoms with E-state index < -0.39 is 17.9 Å². The minimum absolute atomic E-state index is 0.0746. The van der Waals surface area contributed by atoms with Crippen molar-refractivity contribution in [3.8, 4) is 5.75 Å². The number of hydrogen-bond donors (Lipinski definition) is 4. The highest BCUT2D eigenvalue weighted by atomic mass is 16.5. The molecule has 202 valence electrons. The number of benzene rings is 1. The van der Waals surface area contributed by atoms with Gasteiger partial charge in [-0.15, -0.1) is 0 Å². The fraction of sp³-hybridized carbons (Fsp3) is 0.345. The number of allylic oxidation sites excluding steroid dienone is 2. The molecule has 39 heavy (non-hydrogen) atoms. The monoisotopic (exact) mass is 529 g/mol. The molecule has 1 aromatic heterocycles. The van der Waals surface area contributed by atoms with Crippen molar-refractivity contribution >= 4 is 41.9 Å². The Balaban J connectivity index is 1.43. The van der Waals surface area contributed by atoms with Gasteiger partial charge < -0.3 is 25.1 Å². The van der Waals surface area contributed by atoms with Gasteiger partial charge in [0.2, 0.25) is 0 Å². The van der Waals surface area contributed by atoms with Crippen LogP contribution in [-0.4, -0.2) is 45.6 Å². The van der Waals surface area contributed by atoms with Crippen molar-refractivity contribution < 1.29 is 19.4 Å². The van der Waals surface area contributed by atoms with E-state index in [1.54, 1.807) is 36.4 Å². The molecule has 0 spiro atoms. The van der Waals surface area contributed by atoms with Gasteiger partial charge in [-0.2, -0.15) is 10.2 Å². The quantitative estimate of drug-likeness (QED) is 0.229. The predicted octanol–water partition coefficient (Wildman–Crippen LogP) is 1.06. The molecule has 3 aliphatic rings. The average molecular weight is 530 g/mol. The van der Waals surface area contributed by atoms with Crippen molar-refractivity contribution in [2.75, 3.05) is 6.61 Å². The Labute approximate surface area is 223 Å². The number of aromatic nitrogens is 2. The van der Waals surface area contributed by atoms with E-state index in [0.29, 0.717) is 28.9 Å². The topological polar surface area (TPSA) is 149 Å². The lowest BCUT2D eigenvalue weighted by molar-refractivity contribution is -0.147. The Morgan fingerprint density at radius 1 is 1.13 bits per heavy atom. The summed E-state index contributed by atoms with van der Waals surface area (Å²) < 4.78 is 5.40. The summed E-state index contributed by atoms with van der Waals surface area (Å²) in [7, 11) is 0. The highest BCUT2D eigenvalue weighted by Gasteiger charge is 2.28. The van der Waals surface area contributed by atoms with Crippen LogP contribution in [0.15, 0.2) is 45.4 Å². The molecule has 1 heterocycles. The number of aromatic amines is 2. The molecule has 3 unspecified atom stereocenters. The molecule has 10 heteroatoms. The second kappa shape index (κ2) is 11.5. The van der Waals surface area contributed by atoms with Crippen molar-refractivity contribution in [2.24, 2.45) is 16.1 Å². The summed E-state index contributed by atoms with van der Waals surface area (Å²) >= 11 is 0. The standard InChI is InChI=1S/C29H31N5O5/c1-2-3-14-39-28(37)20-10-6-7-11-22(20)33-34-25-19-9-5-4-8-17(19)15-21(26(25)35)27(36)30-18-12-13-23-24(16-18)32-29(38)31-23/h6-11,13,15-16,18,20,22,35H,2-5,12,14H2,1H3,(H,30,36)(H2,31,32,38). The van der Waals surface area contributed by atoms with E-state index in [9.17, 15) is 19.5 Å². The van der Waals surface area contributed by atoms with Crippen molar-refractivity contribution in [3.63, 3.8) is 0 Å². The lowest BCUT2D eigenvalue weighted by Gasteiger charge is -2.19. The zero-order chi connectivity index (χ0) is 27.4. The number of rotatable bonds is 8. The number of esters is 1. The highest BCUT2D eigenvalue weighted by Crippen LogP contribution is 2.28. The van der Waals surface area contributed by atoms with Gasteiger partial charge in [-0.25, -0.2) is 4.79 Å². The first-order valence-corrected chi connectivity index (χ1v) is 13.2. The van der Waals surface area contributed by atoms with Crippen LogP contribution in [0.1, 0.15) is 49.4 Å². The summed E-state index contributed by atoms with van der Waals surface area (Å²) in [5.41, 5.74) is -0.0509. The zero-order valence-corrected chi connectivity index (χ0v) is 21.6. The summed E-state index contributed by atoms with van der Waals surface area (Å²) in [5.74, 6) is -1.76. The summed E-state index contributed by atoms with van der Waals surface area (Å²) in [6.45, 7) is 2.37. The molecular weight excluding hydrogens is 498 g/mol. The van der Waals surface area contributed by atoms with Crippen molar-refractivity contribution in [3.05, 3.63) is 67.6 Å². The maximum Gasteiger partial charge on any atom is 0.323 e. The number of carbonyl (C=O) groups excluding carboxylic acids is 2. The molecule has 3 aliphatic carbocycles. The van der Waals surface area contributed by atoms with Gasteiger partial charge in [-0.1, -0.05) is 55.9 Å². The van der Waals surface area contributed by atoms with Gasteiger partial charge in [0, 0.05) is 5.22 Å². The van der Waals surface area contributed by atoms with Crippen molar-refractivity contribution in [1.29, 1.82) is 0 Å². The largest absolute Gasteiger partial charge is 0.505 e. The van der Waals surface area contributed by atoms with Crippen LogP contribution in [-0.2, 0) is 9.53 Å². The van der Waals surface area contributed by atoms with Crippen LogP contribution < -0.4 is 32.1 Å². The molecule has 0 aliphatic heterocycles. The van der Waals surface area contributed by atoms with Crippen LogP contribution in [0.25, 0.3) is 24.3 Å². The SMILES string of the molecule is CCCCOC(=O)C1C=CC=CC1N=Nc1c(O)c(C(=O)NC2C=c3[nH]c(=O)[nH]c3=CC2)cc2c1=CCCC=2. The summed E-state index contributed by atoms with van der Waals surface area (Å²) in [5, 5.41) is 25.7. The van der Waals surface area contributed by atoms with Gasteiger partial charge in [-0.05, 0) is 43.0 Å². The van der Waals surface area contributed by atoms with Crippen molar-refractivity contribution in [2.45, 2.75) is 51.1 Å². The van der Waals surface area contributed by atoms with E-state index in [2.05, 4.69) is 25.5 Å². The van der Waals surface area contributed by atoms with E-state index in [1.807, 2.05) is 25.2 Å². The number of nitrogens with zero attached hydrogens (tertiary/aromatic N) is 2. The number of unbranched alkanes of at least 4 members (excludes halogenated alkanes) is 1. The number of H-pyrrole nitrogens is 2. The van der Waals surface area contributed by atoms with Crippen molar-refractivity contribution in [1.82, 2.24) is 15.3 Å². The molecule has 4 N–H and O–H groups in total. The molecule has 1 aromatic carbocycles. The molecule has 0 bridgehead atoms. The third-order valence-corrected chi connectivity index (χ3v) is 6.93. The lowest BCUT2D eigenvalue weighted by atomic mass is 9.96. The first-order valence-electron chi connectivity index (χ1n) is 13.2. The summed E-state index contributed by atoms with van der Waals surface area (Å²) in [6.07, 6.45) is 18.4. The molecule has 1 amide bonds. The number of fused-ring (bicyclic) bond motifs is 2. The molecule has 10 nitrogen and oxygen atoms in total. The number of phenols is 1. The Morgan fingerprint density at radius 3 is 2.77 bits per heavy atom. The third kappa shape index (κ3) is 5.69. The molecule has 0 radical (unpaired) electrons. The molecule has 3 atom stereocenters. The maximum atomic E-state index is 13.3. The number of nitrogens with one attached hydrogen (secondary N) is 3. The fourth-order valence-corrected chi connectivity index (χ4v) is 4.84. The van der Waals surface area contributed by atoms with Gasteiger partial charge in [0.25, 0.3) is 5.91 Å². The Kier molecular flexibility index (Phi) is 7.72. The van der Waals surface area contributed by atoms with Crippen LogP contribution in [0.2, 0.25) is 0 Å². The Bertz CT molecular complexity index is 1680. The molecule has 0 fully saturated rings. The van der Waals surface area contributed by atoms with Crippen LogP contribution >= 0.6 is 0 Å². The highest BCUT2D eigenvalue weighted by molar-refractivity contribution is 5.99. The van der Waals surface area contributed by atoms with E-state index in [0.717, 1.165) is 30.9 Å². The number of amides is 1. The van der Waals surface area contributed by atoms with Gasteiger partial charge in [0.05, 0.1) is 28.9 Å². The van der Waals surface area contributed by atoms with Gasteiger partial charge >= 0.3 is 11.7 Å². The molecule has 0 saturated carbocycles. The minimum Gasteiger partial charge on any atom is -0.505 e. The fourth-order valence-electron chi connectivity index (χ4n) is 4.84. The second-order valence-corrected chi connectivity index (χ2v) is 9.73. The third-order valence-electron chi connectivity index (χ3n) is 6.93.